The fraction of sp³-hybridized carbons (Fsp3) is 0.933. The predicted octanol–water partition coefficient (Wildman–Crippen LogP) is 1.82. The maximum atomic E-state index is 11.2. The summed E-state index contributed by atoms with van der Waals surface area (Å²) in [5.41, 5.74) is -0.810. The Morgan fingerprint density at radius 2 is 2.00 bits per heavy atom. The van der Waals surface area contributed by atoms with Crippen LogP contribution in [0.3, 0.4) is 0 Å². The molecule has 0 aromatic carbocycles. The van der Waals surface area contributed by atoms with Crippen molar-refractivity contribution in [2.45, 2.75) is 45.6 Å². The Balaban J connectivity index is 4.06. The van der Waals surface area contributed by atoms with Crippen molar-refractivity contribution in [1.82, 2.24) is 10.2 Å². The minimum Gasteiger partial charge on any atom is -0.480 e. The monoisotopic (exact) mass is 288 g/mol. The van der Waals surface area contributed by atoms with Crippen molar-refractivity contribution in [2.24, 2.45) is 5.92 Å². The van der Waals surface area contributed by atoms with E-state index in [1.165, 1.54) is 0 Å². The highest BCUT2D eigenvalue weighted by molar-refractivity contribution is 5.78. The van der Waals surface area contributed by atoms with E-state index in [1.807, 2.05) is 0 Å². The van der Waals surface area contributed by atoms with Crippen molar-refractivity contribution in [3.63, 3.8) is 0 Å². The Hall–Kier alpha value is -0.650. The van der Waals surface area contributed by atoms with Crippen molar-refractivity contribution < 1.29 is 14.6 Å². The number of rotatable bonds is 12. The summed E-state index contributed by atoms with van der Waals surface area (Å²) in [6.45, 7) is 9.91. The van der Waals surface area contributed by atoms with Crippen LogP contribution in [-0.2, 0) is 9.53 Å². The van der Waals surface area contributed by atoms with Crippen LogP contribution < -0.4 is 5.32 Å². The molecule has 0 fully saturated rings. The molecule has 0 aromatic heterocycles. The number of nitrogens with zero attached hydrogens (tertiary/aromatic N) is 1. The average molecular weight is 288 g/mol. The molecule has 0 aliphatic heterocycles. The molecular formula is C15H32N2O3. The smallest absolute Gasteiger partial charge is 0.323 e. The number of nitrogens with one attached hydrogen (secondary N) is 1. The zero-order chi connectivity index (χ0) is 15.6. The fourth-order valence-electron chi connectivity index (χ4n) is 2.18. The zero-order valence-corrected chi connectivity index (χ0v) is 13.7. The number of unbranched alkanes of at least 4 members (excludes halogenated alkanes) is 1. The van der Waals surface area contributed by atoms with E-state index in [4.69, 9.17) is 4.74 Å². The molecule has 0 amide bonds. The standard InChI is InChI=1S/C15H32N2O3/c1-13(2)12-17(10-11-20-5)9-7-6-8-15(3,16-4)14(18)19/h13,16H,6-12H2,1-5H3,(H,18,19). The van der Waals surface area contributed by atoms with Gasteiger partial charge in [0.15, 0.2) is 0 Å². The lowest BCUT2D eigenvalue weighted by molar-refractivity contribution is -0.144. The van der Waals surface area contributed by atoms with Gasteiger partial charge in [0, 0.05) is 20.2 Å². The quantitative estimate of drug-likeness (QED) is 0.536. The van der Waals surface area contributed by atoms with Crippen molar-refractivity contribution >= 4 is 5.97 Å². The maximum Gasteiger partial charge on any atom is 0.323 e. The Kier molecular flexibility index (Phi) is 9.80. The number of carbonyl (C=O) groups is 1. The molecule has 0 bridgehead atoms. The lowest BCUT2D eigenvalue weighted by atomic mass is 9.95. The maximum absolute atomic E-state index is 11.2. The van der Waals surface area contributed by atoms with Crippen molar-refractivity contribution in [3.05, 3.63) is 0 Å². The number of hydrogen-bond acceptors (Lipinski definition) is 4. The number of aliphatic carboxylic acids is 1. The summed E-state index contributed by atoms with van der Waals surface area (Å²) in [7, 11) is 3.43. The van der Waals surface area contributed by atoms with E-state index in [9.17, 15) is 9.90 Å². The normalized spacial score (nSPS) is 14.8. The van der Waals surface area contributed by atoms with Crippen LogP contribution in [0, 0.1) is 5.92 Å². The van der Waals surface area contributed by atoms with Crippen molar-refractivity contribution in [3.8, 4) is 0 Å². The third-order valence-electron chi connectivity index (χ3n) is 3.66. The second kappa shape index (κ2) is 10.1. The summed E-state index contributed by atoms with van der Waals surface area (Å²) < 4.78 is 5.13. The van der Waals surface area contributed by atoms with E-state index in [1.54, 1.807) is 21.1 Å². The molecule has 0 aliphatic rings. The first-order valence-electron chi connectivity index (χ1n) is 7.49. The first-order valence-corrected chi connectivity index (χ1v) is 7.49. The molecule has 20 heavy (non-hydrogen) atoms. The summed E-state index contributed by atoms with van der Waals surface area (Å²) in [6, 6.07) is 0. The van der Waals surface area contributed by atoms with Gasteiger partial charge in [0.2, 0.25) is 0 Å². The van der Waals surface area contributed by atoms with Crippen LogP contribution in [0.15, 0.2) is 0 Å². The summed E-state index contributed by atoms with van der Waals surface area (Å²) in [5.74, 6) is -0.146. The largest absolute Gasteiger partial charge is 0.480 e. The van der Waals surface area contributed by atoms with Crippen LogP contribution in [0.1, 0.15) is 40.0 Å². The van der Waals surface area contributed by atoms with Gasteiger partial charge in [-0.15, -0.1) is 0 Å². The topological polar surface area (TPSA) is 61.8 Å². The van der Waals surface area contributed by atoms with Gasteiger partial charge in [0.1, 0.15) is 5.54 Å². The first-order chi connectivity index (χ1) is 9.35. The minimum absolute atomic E-state index is 0.633. The van der Waals surface area contributed by atoms with Crippen LogP contribution >= 0.6 is 0 Å². The number of methoxy groups -OCH3 is 1. The van der Waals surface area contributed by atoms with Crippen molar-refractivity contribution in [1.29, 1.82) is 0 Å². The highest BCUT2D eigenvalue weighted by Crippen LogP contribution is 2.14. The summed E-state index contributed by atoms with van der Waals surface area (Å²) in [5, 5.41) is 12.1. The van der Waals surface area contributed by atoms with Gasteiger partial charge in [-0.2, -0.15) is 0 Å². The first kappa shape index (κ1) is 19.4. The molecule has 0 aromatic rings. The molecule has 0 saturated carbocycles. The van der Waals surface area contributed by atoms with E-state index in [0.29, 0.717) is 12.3 Å². The number of carboxylic acid groups (broad SMARTS) is 1. The molecular weight excluding hydrogens is 256 g/mol. The van der Waals surface area contributed by atoms with E-state index in [-0.39, 0.29) is 0 Å². The van der Waals surface area contributed by atoms with E-state index in [0.717, 1.165) is 39.1 Å². The van der Waals surface area contributed by atoms with Crippen LogP contribution in [-0.4, -0.2) is 61.9 Å². The molecule has 0 rings (SSSR count). The van der Waals surface area contributed by atoms with Crippen LogP contribution in [0.2, 0.25) is 0 Å². The van der Waals surface area contributed by atoms with Crippen molar-refractivity contribution in [2.75, 3.05) is 40.4 Å². The Morgan fingerprint density at radius 3 is 2.45 bits per heavy atom. The Morgan fingerprint density at radius 1 is 1.35 bits per heavy atom. The lowest BCUT2D eigenvalue weighted by Crippen LogP contribution is -2.47. The van der Waals surface area contributed by atoms with Gasteiger partial charge in [-0.25, -0.2) is 0 Å². The highest BCUT2D eigenvalue weighted by Gasteiger charge is 2.30. The van der Waals surface area contributed by atoms with E-state index < -0.39 is 11.5 Å². The highest BCUT2D eigenvalue weighted by atomic mass is 16.5. The molecule has 1 atom stereocenters. The van der Waals surface area contributed by atoms with Gasteiger partial charge in [-0.1, -0.05) is 13.8 Å². The summed E-state index contributed by atoms with van der Waals surface area (Å²) in [4.78, 5) is 13.6. The van der Waals surface area contributed by atoms with Gasteiger partial charge < -0.3 is 20.1 Å². The van der Waals surface area contributed by atoms with Gasteiger partial charge in [-0.05, 0) is 45.7 Å². The van der Waals surface area contributed by atoms with Crippen LogP contribution in [0.4, 0.5) is 0 Å². The minimum atomic E-state index is -0.810. The van der Waals surface area contributed by atoms with Crippen LogP contribution in [0.25, 0.3) is 0 Å². The molecule has 0 aliphatic carbocycles. The van der Waals surface area contributed by atoms with Gasteiger partial charge >= 0.3 is 5.97 Å². The molecule has 0 spiro atoms. The van der Waals surface area contributed by atoms with Gasteiger partial charge in [-0.3, -0.25) is 4.79 Å². The van der Waals surface area contributed by atoms with Gasteiger partial charge in [0.05, 0.1) is 6.61 Å². The summed E-state index contributed by atoms with van der Waals surface area (Å²) in [6.07, 6.45) is 2.57. The van der Waals surface area contributed by atoms with E-state index >= 15 is 0 Å². The summed E-state index contributed by atoms with van der Waals surface area (Å²) >= 11 is 0. The van der Waals surface area contributed by atoms with E-state index in [2.05, 4.69) is 24.1 Å². The molecule has 0 heterocycles. The number of carboxylic acids is 1. The second-order valence-electron chi connectivity index (χ2n) is 6.03. The number of hydrogen-bond donors (Lipinski definition) is 2. The number of ether oxygens (including phenoxy) is 1. The average Bonchev–Trinajstić information content (AvgIpc) is 2.39. The fourth-order valence-corrected chi connectivity index (χ4v) is 2.18. The molecule has 0 saturated heterocycles. The zero-order valence-electron chi connectivity index (χ0n) is 13.7. The third kappa shape index (κ3) is 7.82. The Bertz CT molecular complexity index is 272. The Labute approximate surface area is 123 Å². The molecule has 1 unspecified atom stereocenters. The molecule has 5 heteroatoms. The SMILES string of the molecule is CNC(C)(CCCCN(CCOC)CC(C)C)C(=O)O. The van der Waals surface area contributed by atoms with Crippen LogP contribution in [0.5, 0.6) is 0 Å². The molecule has 120 valence electrons. The lowest BCUT2D eigenvalue weighted by Gasteiger charge is -2.26. The number of likely N-dealkylation sites (N-methyl/N-ethyl adjacent to an activating group) is 1. The van der Waals surface area contributed by atoms with Gasteiger partial charge in [0.25, 0.3) is 0 Å². The molecule has 0 radical (unpaired) electrons. The predicted molar refractivity (Wildman–Crippen MR) is 82.1 cm³/mol. The second-order valence-corrected chi connectivity index (χ2v) is 6.03. The third-order valence-corrected chi connectivity index (χ3v) is 3.66. The molecule has 5 nitrogen and oxygen atoms in total. The molecule has 2 N–H and O–H groups in total.